The summed E-state index contributed by atoms with van der Waals surface area (Å²) in [7, 11) is 0. The predicted octanol–water partition coefficient (Wildman–Crippen LogP) is 0.824. The smallest absolute Gasteiger partial charge is 0.335 e. The number of allylic oxidation sites excluding steroid dienone is 2. The Morgan fingerprint density at radius 2 is 1.39 bits per heavy atom. The lowest BCUT2D eigenvalue weighted by molar-refractivity contribution is -0.325. The predicted molar refractivity (Wildman–Crippen MR) is 201 cm³/mol. The summed E-state index contributed by atoms with van der Waals surface area (Å²) in [5.74, 6) is -1.39. The van der Waals surface area contributed by atoms with E-state index in [2.05, 4.69) is 54.5 Å². The van der Waals surface area contributed by atoms with Crippen LogP contribution in [0.4, 0.5) is 0 Å². The molecule has 7 aliphatic rings. The number of hydrogen-bond donors (Lipinski definition) is 10. The van der Waals surface area contributed by atoms with Gasteiger partial charge in [0.15, 0.2) is 18.7 Å². The Balaban J connectivity index is 1.17. The topological polar surface area (TPSA) is 256 Å². The molecule has 2 heterocycles. The Hall–Kier alpha value is -1.31. The Labute approximate surface area is 335 Å². The lowest BCUT2D eigenvalue weighted by Gasteiger charge is -2.72. The highest BCUT2D eigenvalue weighted by atomic mass is 16.7. The second kappa shape index (κ2) is 14.7. The van der Waals surface area contributed by atoms with Crippen molar-refractivity contribution in [3.05, 3.63) is 11.6 Å². The summed E-state index contributed by atoms with van der Waals surface area (Å²) in [6.45, 7) is 14.8. The van der Waals surface area contributed by atoms with Gasteiger partial charge in [0, 0.05) is 0 Å². The number of hydrogen-bond acceptors (Lipinski definition) is 14. The molecule has 2 saturated heterocycles. The highest BCUT2D eigenvalue weighted by Gasteiger charge is 2.71. The molecule has 0 unspecified atom stereocenters. The van der Waals surface area contributed by atoms with Crippen LogP contribution in [-0.2, 0) is 23.7 Å². The number of carbonyl (C=O) groups is 1. The van der Waals surface area contributed by atoms with E-state index in [0.717, 1.165) is 25.7 Å². The van der Waals surface area contributed by atoms with Gasteiger partial charge in [0.05, 0.1) is 36.9 Å². The molecule has 326 valence electrons. The quantitative estimate of drug-likeness (QED) is 0.126. The van der Waals surface area contributed by atoms with Crippen LogP contribution in [0.25, 0.3) is 0 Å². The van der Waals surface area contributed by atoms with Gasteiger partial charge in [0.1, 0.15) is 42.7 Å². The Bertz CT molecular complexity index is 1550. The molecule has 0 aromatic heterocycles. The summed E-state index contributed by atoms with van der Waals surface area (Å²) in [6.07, 6.45) is -10.5. The lowest BCUT2D eigenvalue weighted by atomic mass is 9.33. The molecule has 5 aliphatic carbocycles. The van der Waals surface area contributed by atoms with E-state index in [4.69, 9.17) is 18.9 Å². The van der Waals surface area contributed by atoms with E-state index >= 15 is 0 Å². The van der Waals surface area contributed by atoms with E-state index in [1.807, 2.05) is 0 Å². The average Bonchev–Trinajstić information content (AvgIpc) is 3.12. The van der Waals surface area contributed by atoms with Gasteiger partial charge in [0.2, 0.25) is 0 Å². The monoisotopic (exact) mass is 812 g/mol. The molecular formula is C42H68O15. The molecular weight excluding hydrogens is 744 g/mol. The number of carboxylic acids is 1. The minimum absolute atomic E-state index is 0.155. The molecule has 20 atom stereocenters. The fourth-order valence-corrected chi connectivity index (χ4v) is 13.9. The summed E-state index contributed by atoms with van der Waals surface area (Å²) in [4.78, 5) is 11.8. The zero-order chi connectivity index (χ0) is 42.0. The van der Waals surface area contributed by atoms with E-state index in [-0.39, 0.29) is 40.6 Å². The maximum atomic E-state index is 12.6. The van der Waals surface area contributed by atoms with Crippen LogP contribution in [0.3, 0.4) is 0 Å². The SMILES string of the molecule is CC1(C)C[C@H](O)[C@]2(CO[C@@H]3O[C@H](CO)[C@@H](O)[C@H](O)[C@H]3O)[C@@H](O)C[C@]3(C)C(=CC[C@@H]4[C@@]5(C)CC[C@H](O[C@@H]6O[C@H](C(=O)O)[C@@H](O)[C@H](O)[C@H]6O)C(C)(C)[C@@H]5CC[C@]43C)[C@@H]2C1. The highest BCUT2D eigenvalue weighted by molar-refractivity contribution is 5.73. The third kappa shape index (κ3) is 6.43. The van der Waals surface area contributed by atoms with Gasteiger partial charge in [-0.3, -0.25) is 0 Å². The Morgan fingerprint density at radius 1 is 0.754 bits per heavy atom. The van der Waals surface area contributed by atoms with Gasteiger partial charge < -0.3 is 70.0 Å². The van der Waals surface area contributed by atoms with Gasteiger partial charge in [-0.2, -0.15) is 0 Å². The summed E-state index contributed by atoms with van der Waals surface area (Å²) >= 11 is 0. The molecule has 0 bridgehead atoms. The molecule has 15 heteroatoms. The molecule has 10 N–H and O–H groups in total. The summed E-state index contributed by atoms with van der Waals surface area (Å²) in [5.41, 5.74) is -1.59. The van der Waals surface area contributed by atoms with Gasteiger partial charge >= 0.3 is 5.97 Å². The van der Waals surface area contributed by atoms with Crippen LogP contribution in [-0.4, -0.2) is 150 Å². The maximum absolute atomic E-state index is 12.6. The molecule has 4 saturated carbocycles. The van der Waals surface area contributed by atoms with Crippen LogP contribution >= 0.6 is 0 Å². The Morgan fingerprint density at radius 3 is 2.04 bits per heavy atom. The molecule has 0 spiro atoms. The molecule has 0 radical (unpaired) electrons. The minimum Gasteiger partial charge on any atom is -0.479 e. The van der Waals surface area contributed by atoms with Crippen LogP contribution in [0, 0.1) is 50.2 Å². The van der Waals surface area contributed by atoms with Gasteiger partial charge in [-0.1, -0.05) is 60.1 Å². The van der Waals surface area contributed by atoms with Crippen molar-refractivity contribution in [1.82, 2.24) is 0 Å². The highest BCUT2D eigenvalue weighted by Crippen LogP contribution is 2.76. The average molecular weight is 813 g/mol. The first-order valence-corrected chi connectivity index (χ1v) is 21.0. The third-order valence-corrected chi connectivity index (χ3v) is 17.3. The van der Waals surface area contributed by atoms with Crippen molar-refractivity contribution in [3.8, 4) is 0 Å². The van der Waals surface area contributed by atoms with Crippen molar-refractivity contribution in [2.75, 3.05) is 13.2 Å². The molecule has 0 amide bonds. The van der Waals surface area contributed by atoms with Crippen LogP contribution in [0.5, 0.6) is 0 Å². The van der Waals surface area contributed by atoms with E-state index < -0.39 is 109 Å². The van der Waals surface area contributed by atoms with Crippen molar-refractivity contribution in [3.63, 3.8) is 0 Å². The van der Waals surface area contributed by atoms with E-state index in [1.165, 1.54) is 5.57 Å². The van der Waals surface area contributed by atoms with Crippen molar-refractivity contribution >= 4 is 5.97 Å². The summed E-state index contributed by atoms with van der Waals surface area (Å²) in [6, 6.07) is 0. The third-order valence-electron chi connectivity index (χ3n) is 17.3. The van der Waals surface area contributed by atoms with Crippen molar-refractivity contribution in [1.29, 1.82) is 0 Å². The fourth-order valence-electron chi connectivity index (χ4n) is 13.9. The van der Waals surface area contributed by atoms with Crippen LogP contribution in [0.1, 0.15) is 99.8 Å². The van der Waals surface area contributed by atoms with E-state index in [9.17, 15) is 55.9 Å². The van der Waals surface area contributed by atoms with E-state index in [0.29, 0.717) is 25.7 Å². The molecule has 57 heavy (non-hydrogen) atoms. The first kappa shape index (κ1) is 43.8. The molecule has 6 fully saturated rings. The molecule has 15 nitrogen and oxygen atoms in total. The number of carboxylic acid groups (broad SMARTS) is 1. The molecule has 0 aromatic carbocycles. The molecule has 0 aromatic rings. The van der Waals surface area contributed by atoms with Crippen LogP contribution in [0.15, 0.2) is 11.6 Å². The lowest BCUT2D eigenvalue weighted by Crippen LogP contribution is -2.70. The number of ether oxygens (including phenoxy) is 4. The first-order chi connectivity index (χ1) is 26.4. The number of aliphatic hydroxyl groups is 9. The zero-order valence-corrected chi connectivity index (χ0v) is 34.4. The number of aliphatic hydroxyl groups excluding tert-OH is 9. The van der Waals surface area contributed by atoms with Gasteiger partial charge in [-0.15, -0.1) is 0 Å². The summed E-state index contributed by atoms with van der Waals surface area (Å²) in [5, 5.41) is 107. The van der Waals surface area contributed by atoms with Crippen molar-refractivity contribution < 1.29 is 74.8 Å². The van der Waals surface area contributed by atoms with E-state index in [1.54, 1.807) is 0 Å². The number of rotatable bonds is 7. The largest absolute Gasteiger partial charge is 0.479 e. The van der Waals surface area contributed by atoms with Gasteiger partial charge in [-0.25, -0.2) is 4.79 Å². The van der Waals surface area contributed by atoms with Crippen molar-refractivity contribution in [2.24, 2.45) is 50.2 Å². The number of fused-ring (bicyclic) bond motifs is 7. The normalized spacial score (nSPS) is 54.4. The van der Waals surface area contributed by atoms with Gasteiger partial charge in [0.25, 0.3) is 0 Å². The van der Waals surface area contributed by atoms with Crippen LogP contribution < -0.4 is 0 Å². The number of aliphatic carboxylic acids is 1. The fraction of sp³-hybridized carbons (Fsp3) is 0.929. The molecule has 7 rings (SSSR count). The second-order valence-electron chi connectivity index (χ2n) is 21.0. The maximum Gasteiger partial charge on any atom is 0.335 e. The first-order valence-electron chi connectivity index (χ1n) is 21.0. The Kier molecular flexibility index (Phi) is 11.3. The summed E-state index contributed by atoms with van der Waals surface area (Å²) < 4.78 is 23.8. The second-order valence-corrected chi connectivity index (χ2v) is 21.0. The van der Waals surface area contributed by atoms with Gasteiger partial charge in [-0.05, 0) is 96.2 Å². The minimum atomic E-state index is -1.80. The van der Waals surface area contributed by atoms with Crippen LogP contribution in [0.2, 0.25) is 0 Å². The molecule has 2 aliphatic heterocycles. The zero-order valence-electron chi connectivity index (χ0n) is 34.4. The van der Waals surface area contributed by atoms with Crippen molar-refractivity contribution in [2.45, 2.75) is 180 Å². The standard InChI is InChI=1S/C42H68O15/c1-37(2)14-20-19-8-9-23-39(5)12-11-26(56-36-32(51)29(48)30(49)33(57-36)34(52)53)38(3,4)22(39)10-13-40(23,6)41(19,7)16-25(45)42(20,24(44)15-37)18-54-35-31(50)28(47)27(46)21(17-43)55-35/h8,20-33,35-36,43-51H,9-18H2,1-7H3,(H,52,53)/t20-,21+,22-,23+,24-,25-,26-,27+,28-,29-,30-,31+,32+,33-,35+,36+,39-,40+,41+,42+/m0/s1.